The summed E-state index contributed by atoms with van der Waals surface area (Å²) >= 11 is 0. The monoisotopic (exact) mass is 320 g/mol. The number of piperazine rings is 1. The minimum absolute atomic E-state index is 0.308. The van der Waals surface area contributed by atoms with Crippen LogP contribution in [0.4, 0.5) is 0 Å². The maximum Gasteiger partial charge on any atom is 0.222 e. The van der Waals surface area contributed by atoms with Gasteiger partial charge in [0.2, 0.25) is 5.91 Å². The molecule has 2 fully saturated rings. The summed E-state index contributed by atoms with van der Waals surface area (Å²) in [5.41, 5.74) is 0. The van der Waals surface area contributed by atoms with Crippen molar-refractivity contribution < 1.29 is 14.3 Å². The first-order chi connectivity index (χ1) is 11.2. The Kier molecular flexibility index (Phi) is 5.73. The van der Waals surface area contributed by atoms with Crippen LogP contribution in [0.3, 0.4) is 0 Å². The molecule has 1 aromatic heterocycles. The van der Waals surface area contributed by atoms with Crippen molar-refractivity contribution in [3.8, 4) is 0 Å². The Labute approximate surface area is 138 Å². The highest BCUT2D eigenvalue weighted by molar-refractivity contribution is 5.76. The molecular weight excluding hydrogens is 292 g/mol. The molecule has 3 rings (SSSR count). The van der Waals surface area contributed by atoms with Crippen LogP contribution in [0.2, 0.25) is 0 Å². The molecule has 0 spiro atoms. The van der Waals surface area contributed by atoms with E-state index in [2.05, 4.69) is 4.90 Å². The number of rotatable bonds is 6. The van der Waals surface area contributed by atoms with Gasteiger partial charge >= 0.3 is 0 Å². The molecule has 0 aromatic carbocycles. The summed E-state index contributed by atoms with van der Waals surface area (Å²) in [5.74, 6) is 1.70. The fourth-order valence-corrected chi connectivity index (χ4v) is 3.78. The molecule has 0 unspecified atom stereocenters. The molecule has 0 radical (unpaired) electrons. The molecule has 1 aliphatic carbocycles. The highest BCUT2D eigenvalue weighted by atomic mass is 16.4. The fourth-order valence-electron chi connectivity index (χ4n) is 3.78. The summed E-state index contributed by atoms with van der Waals surface area (Å²) in [4.78, 5) is 16.5. The zero-order valence-electron chi connectivity index (χ0n) is 13.8. The van der Waals surface area contributed by atoms with Crippen LogP contribution in [-0.4, -0.2) is 53.5 Å². The highest BCUT2D eigenvalue weighted by Crippen LogP contribution is 2.28. The van der Waals surface area contributed by atoms with E-state index in [1.807, 2.05) is 4.90 Å². The Morgan fingerprint density at radius 1 is 1.26 bits per heavy atom. The summed E-state index contributed by atoms with van der Waals surface area (Å²) in [7, 11) is 0. The van der Waals surface area contributed by atoms with Crippen LogP contribution in [0, 0.1) is 5.92 Å². The van der Waals surface area contributed by atoms with Crippen molar-refractivity contribution in [2.24, 2.45) is 5.92 Å². The first-order valence-corrected chi connectivity index (χ1v) is 8.94. The standard InChI is InChI=1S/C18H28N2O3/c21-16(17-6-3-13-23-17)14-19-9-11-20(12-10-19)18(22)8-7-15-4-1-2-5-15/h3,6,13,15-16,21H,1-2,4-5,7-12,14H2/t16-/m0/s1. The van der Waals surface area contributed by atoms with Crippen molar-refractivity contribution in [3.63, 3.8) is 0 Å². The summed E-state index contributed by atoms with van der Waals surface area (Å²) in [6.45, 7) is 3.76. The molecule has 1 saturated carbocycles. The molecule has 5 heteroatoms. The lowest BCUT2D eigenvalue weighted by Gasteiger charge is -2.35. The van der Waals surface area contributed by atoms with E-state index in [4.69, 9.17) is 4.42 Å². The van der Waals surface area contributed by atoms with Gasteiger partial charge in [-0.25, -0.2) is 0 Å². The Balaban J connectivity index is 1.36. The third-order valence-electron chi connectivity index (χ3n) is 5.27. The SMILES string of the molecule is O=C(CCC1CCCC1)N1CCN(C[C@H](O)c2ccco2)CC1. The van der Waals surface area contributed by atoms with E-state index >= 15 is 0 Å². The lowest BCUT2D eigenvalue weighted by Crippen LogP contribution is -2.49. The van der Waals surface area contributed by atoms with E-state index in [-0.39, 0.29) is 0 Å². The number of amides is 1. The van der Waals surface area contributed by atoms with Crippen molar-refractivity contribution in [3.05, 3.63) is 24.2 Å². The molecule has 2 aliphatic rings. The summed E-state index contributed by atoms with van der Waals surface area (Å²) in [6, 6.07) is 3.59. The molecule has 1 aromatic rings. The summed E-state index contributed by atoms with van der Waals surface area (Å²) in [5, 5.41) is 10.1. The molecule has 1 N–H and O–H groups in total. The van der Waals surface area contributed by atoms with Crippen LogP contribution in [0.5, 0.6) is 0 Å². The van der Waals surface area contributed by atoms with Gasteiger partial charge in [-0.05, 0) is 24.5 Å². The Bertz CT molecular complexity index is 474. The van der Waals surface area contributed by atoms with Crippen molar-refractivity contribution >= 4 is 5.91 Å². The Morgan fingerprint density at radius 2 is 2.00 bits per heavy atom. The summed E-state index contributed by atoms with van der Waals surface area (Å²) in [6.07, 6.45) is 8.08. The Morgan fingerprint density at radius 3 is 2.65 bits per heavy atom. The van der Waals surface area contributed by atoms with Crippen LogP contribution < -0.4 is 0 Å². The number of aliphatic hydroxyl groups excluding tert-OH is 1. The fraction of sp³-hybridized carbons (Fsp3) is 0.722. The van der Waals surface area contributed by atoms with Crippen LogP contribution in [0.1, 0.15) is 50.4 Å². The van der Waals surface area contributed by atoms with Gasteiger partial charge in [0.1, 0.15) is 11.9 Å². The zero-order chi connectivity index (χ0) is 16.1. The van der Waals surface area contributed by atoms with Crippen LogP contribution in [0.15, 0.2) is 22.8 Å². The van der Waals surface area contributed by atoms with Crippen molar-refractivity contribution in [2.45, 2.75) is 44.6 Å². The van der Waals surface area contributed by atoms with Gasteiger partial charge in [-0.1, -0.05) is 25.7 Å². The van der Waals surface area contributed by atoms with Gasteiger partial charge in [-0.15, -0.1) is 0 Å². The van der Waals surface area contributed by atoms with E-state index < -0.39 is 6.10 Å². The normalized spacial score (nSPS) is 21.7. The number of nitrogens with zero attached hydrogens (tertiary/aromatic N) is 2. The van der Waals surface area contributed by atoms with E-state index in [1.165, 1.54) is 25.7 Å². The average Bonchev–Trinajstić information content (AvgIpc) is 3.26. The second-order valence-electron chi connectivity index (χ2n) is 6.90. The van der Waals surface area contributed by atoms with Gasteiger partial charge in [0.15, 0.2) is 0 Å². The molecule has 5 nitrogen and oxygen atoms in total. The number of carbonyl (C=O) groups excluding carboxylic acids is 1. The highest BCUT2D eigenvalue weighted by Gasteiger charge is 2.24. The quantitative estimate of drug-likeness (QED) is 0.874. The van der Waals surface area contributed by atoms with Crippen LogP contribution in [-0.2, 0) is 4.79 Å². The molecule has 1 aliphatic heterocycles. The second kappa shape index (κ2) is 7.97. The number of carbonyl (C=O) groups is 1. The maximum absolute atomic E-state index is 12.3. The van der Waals surface area contributed by atoms with Crippen LogP contribution >= 0.6 is 0 Å². The zero-order valence-corrected chi connectivity index (χ0v) is 13.8. The van der Waals surface area contributed by atoms with Crippen LogP contribution in [0.25, 0.3) is 0 Å². The minimum Gasteiger partial charge on any atom is -0.467 e. The molecule has 1 atom stereocenters. The predicted octanol–water partition coefficient (Wildman–Crippen LogP) is 2.43. The maximum atomic E-state index is 12.3. The van der Waals surface area contributed by atoms with Gasteiger partial charge in [-0.2, -0.15) is 0 Å². The number of hydrogen-bond acceptors (Lipinski definition) is 4. The molecule has 23 heavy (non-hydrogen) atoms. The molecule has 0 bridgehead atoms. The van der Waals surface area contributed by atoms with Gasteiger partial charge < -0.3 is 14.4 Å². The average molecular weight is 320 g/mol. The van der Waals surface area contributed by atoms with Gasteiger partial charge in [-0.3, -0.25) is 9.69 Å². The molecular formula is C18H28N2O3. The first-order valence-electron chi connectivity index (χ1n) is 8.94. The smallest absolute Gasteiger partial charge is 0.222 e. The number of hydrogen-bond donors (Lipinski definition) is 1. The minimum atomic E-state index is -0.588. The van der Waals surface area contributed by atoms with Gasteiger partial charge in [0, 0.05) is 39.1 Å². The molecule has 128 valence electrons. The molecule has 2 heterocycles. The lowest BCUT2D eigenvalue weighted by molar-refractivity contribution is -0.133. The largest absolute Gasteiger partial charge is 0.467 e. The molecule has 1 saturated heterocycles. The predicted molar refractivity (Wildman–Crippen MR) is 87.9 cm³/mol. The first kappa shape index (κ1) is 16.5. The van der Waals surface area contributed by atoms with Gasteiger partial charge in [0.05, 0.1) is 6.26 Å². The summed E-state index contributed by atoms with van der Waals surface area (Å²) < 4.78 is 5.24. The number of aliphatic hydroxyl groups is 1. The number of β-amino-alcohol motifs (C(OH)–C–C–N with tert-alkyl or cyclic N) is 1. The number of furan rings is 1. The Hall–Kier alpha value is -1.33. The lowest BCUT2D eigenvalue weighted by atomic mass is 10.0. The van der Waals surface area contributed by atoms with Crippen molar-refractivity contribution in [2.75, 3.05) is 32.7 Å². The van der Waals surface area contributed by atoms with Gasteiger partial charge in [0.25, 0.3) is 0 Å². The van der Waals surface area contributed by atoms with E-state index in [1.54, 1.807) is 18.4 Å². The van der Waals surface area contributed by atoms with E-state index in [0.29, 0.717) is 24.6 Å². The van der Waals surface area contributed by atoms with E-state index in [0.717, 1.165) is 38.5 Å². The third kappa shape index (κ3) is 4.58. The van der Waals surface area contributed by atoms with Crippen molar-refractivity contribution in [1.29, 1.82) is 0 Å². The molecule has 1 amide bonds. The topological polar surface area (TPSA) is 56.9 Å². The second-order valence-corrected chi connectivity index (χ2v) is 6.90. The van der Waals surface area contributed by atoms with E-state index in [9.17, 15) is 9.90 Å². The third-order valence-corrected chi connectivity index (χ3v) is 5.27. The van der Waals surface area contributed by atoms with Crippen molar-refractivity contribution in [1.82, 2.24) is 9.80 Å².